The minimum atomic E-state index is -0.0311. The first-order valence-corrected chi connectivity index (χ1v) is 8.04. The second-order valence-electron chi connectivity index (χ2n) is 4.81. The number of nitrogens with zero attached hydrogens (tertiary/aromatic N) is 3. The van der Waals surface area contributed by atoms with Gasteiger partial charge < -0.3 is 15.0 Å². The Hall–Kier alpha value is -1.21. The monoisotopic (exact) mass is 298 g/mol. The summed E-state index contributed by atoms with van der Waals surface area (Å²) in [5.41, 5.74) is 0. The van der Waals surface area contributed by atoms with Gasteiger partial charge in [0, 0.05) is 26.2 Å². The molecule has 1 saturated heterocycles. The van der Waals surface area contributed by atoms with E-state index < -0.39 is 0 Å². The molecule has 2 rings (SSSR count). The Balaban J connectivity index is 1.94. The number of nitrogens with one attached hydrogen (secondary N) is 1. The zero-order chi connectivity index (χ0) is 14.4. The van der Waals surface area contributed by atoms with Crippen molar-refractivity contribution in [3.05, 3.63) is 5.01 Å². The van der Waals surface area contributed by atoms with Crippen molar-refractivity contribution in [3.8, 4) is 0 Å². The lowest BCUT2D eigenvalue weighted by Crippen LogP contribution is -2.43. The topological polar surface area (TPSA) is 67.4 Å². The average molecular weight is 298 g/mol. The van der Waals surface area contributed by atoms with Crippen LogP contribution >= 0.6 is 11.3 Å². The third kappa shape index (κ3) is 3.89. The minimum absolute atomic E-state index is 0.0311. The summed E-state index contributed by atoms with van der Waals surface area (Å²) in [6, 6.07) is 0. The maximum Gasteiger partial charge on any atom is 0.284 e. The molecule has 0 aromatic carbocycles. The van der Waals surface area contributed by atoms with E-state index in [1.54, 1.807) is 0 Å². The average Bonchev–Trinajstić information content (AvgIpc) is 2.94. The van der Waals surface area contributed by atoms with Crippen LogP contribution in [0.4, 0.5) is 5.13 Å². The fourth-order valence-corrected chi connectivity index (χ4v) is 2.98. The van der Waals surface area contributed by atoms with E-state index in [0.29, 0.717) is 23.3 Å². The van der Waals surface area contributed by atoms with Gasteiger partial charge in [0.1, 0.15) is 0 Å². The fourth-order valence-electron chi connectivity index (χ4n) is 2.24. The second kappa shape index (κ2) is 7.54. The lowest BCUT2D eigenvalue weighted by Gasteiger charge is -2.31. The molecule has 1 aromatic heterocycles. The highest BCUT2D eigenvalue weighted by atomic mass is 32.1. The molecule has 1 fully saturated rings. The predicted octanol–water partition coefficient (Wildman–Crippen LogP) is 2.00. The first-order chi connectivity index (χ1) is 9.74. The minimum Gasteiger partial charge on any atom is -0.377 e. The molecule has 0 saturated carbocycles. The molecule has 0 aliphatic carbocycles. The molecule has 1 N–H and O–H groups in total. The Morgan fingerprint density at radius 1 is 1.50 bits per heavy atom. The van der Waals surface area contributed by atoms with Crippen molar-refractivity contribution in [2.75, 3.05) is 31.6 Å². The summed E-state index contributed by atoms with van der Waals surface area (Å²) in [6.07, 6.45) is 3.18. The number of rotatable bonds is 6. The van der Waals surface area contributed by atoms with Crippen LogP contribution in [0.2, 0.25) is 0 Å². The maximum absolute atomic E-state index is 12.4. The van der Waals surface area contributed by atoms with Crippen molar-refractivity contribution in [3.63, 3.8) is 0 Å². The van der Waals surface area contributed by atoms with E-state index in [4.69, 9.17) is 4.74 Å². The van der Waals surface area contributed by atoms with E-state index in [9.17, 15) is 4.79 Å². The van der Waals surface area contributed by atoms with Crippen molar-refractivity contribution in [1.29, 1.82) is 0 Å². The van der Waals surface area contributed by atoms with Crippen molar-refractivity contribution < 1.29 is 9.53 Å². The smallest absolute Gasteiger partial charge is 0.284 e. The van der Waals surface area contributed by atoms with Gasteiger partial charge in [-0.05, 0) is 26.2 Å². The molecule has 112 valence electrons. The third-order valence-electron chi connectivity index (χ3n) is 3.20. The summed E-state index contributed by atoms with van der Waals surface area (Å²) < 4.78 is 5.62. The van der Waals surface area contributed by atoms with Crippen molar-refractivity contribution in [1.82, 2.24) is 15.1 Å². The number of hydrogen-bond donors (Lipinski definition) is 1. The first-order valence-electron chi connectivity index (χ1n) is 7.22. The van der Waals surface area contributed by atoms with Crippen LogP contribution in [0.25, 0.3) is 0 Å². The number of amides is 1. The molecule has 1 aliphatic heterocycles. The van der Waals surface area contributed by atoms with Crippen LogP contribution in [0.15, 0.2) is 0 Å². The molecule has 1 atom stereocenters. The highest BCUT2D eigenvalue weighted by Gasteiger charge is 2.26. The van der Waals surface area contributed by atoms with E-state index >= 15 is 0 Å². The third-order valence-corrected chi connectivity index (χ3v) is 4.07. The maximum atomic E-state index is 12.4. The second-order valence-corrected chi connectivity index (χ2v) is 5.79. The van der Waals surface area contributed by atoms with Gasteiger partial charge in [-0.3, -0.25) is 4.79 Å². The van der Waals surface area contributed by atoms with E-state index in [1.165, 1.54) is 11.3 Å². The fraction of sp³-hybridized carbons (Fsp3) is 0.769. The number of likely N-dealkylation sites (tertiary alicyclic amines) is 1. The zero-order valence-corrected chi connectivity index (χ0v) is 12.9. The number of ether oxygens (including phenoxy) is 1. The van der Waals surface area contributed by atoms with E-state index in [1.807, 2.05) is 11.8 Å². The van der Waals surface area contributed by atoms with Gasteiger partial charge in [0.2, 0.25) is 10.1 Å². The van der Waals surface area contributed by atoms with E-state index in [0.717, 1.165) is 32.4 Å². The first kappa shape index (κ1) is 15.2. The highest BCUT2D eigenvalue weighted by molar-refractivity contribution is 7.17. The Morgan fingerprint density at radius 3 is 3.10 bits per heavy atom. The van der Waals surface area contributed by atoms with Crippen molar-refractivity contribution in [2.45, 2.75) is 39.2 Å². The number of aromatic nitrogens is 2. The Labute approximate surface area is 123 Å². The molecule has 20 heavy (non-hydrogen) atoms. The molecule has 1 unspecified atom stereocenters. The SMILES string of the molecule is CCCNc1nnc(C(=O)N2CCCC(OCC)C2)s1. The summed E-state index contributed by atoms with van der Waals surface area (Å²) in [6.45, 7) is 7.04. The predicted molar refractivity (Wildman–Crippen MR) is 79.2 cm³/mol. The molecule has 7 heteroatoms. The number of carbonyl (C=O) groups excluding carboxylic acids is 1. The van der Waals surface area contributed by atoms with Gasteiger partial charge in [-0.1, -0.05) is 18.3 Å². The molecule has 1 aliphatic rings. The lowest BCUT2D eigenvalue weighted by atomic mass is 10.1. The molecule has 0 spiro atoms. The van der Waals surface area contributed by atoms with Gasteiger partial charge in [-0.25, -0.2) is 0 Å². The summed E-state index contributed by atoms with van der Waals surface area (Å²) in [5.74, 6) is -0.0311. The van der Waals surface area contributed by atoms with Gasteiger partial charge in [-0.2, -0.15) is 0 Å². The zero-order valence-electron chi connectivity index (χ0n) is 12.1. The standard InChI is InChI=1S/C13H22N4O2S/c1-3-7-14-13-16-15-11(20-13)12(18)17-8-5-6-10(9-17)19-4-2/h10H,3-9H2,1-2H3,(H,14,16). The van der Waals surface area contributed by atoms with Gasteiger partial charge in [0.15, 0.2) is 0 Å². The highest BCUT2D eigenvalue weighted by Crippen LogP contribution is 2.20. The summed E-state index contributed by atoms with van der Waals surface area (Å²) >= 11 is 1.32. The van der Waals surface area contributed by atoms with Crippen molar-refractivity contribution in [2.24, 2.45) is 0 Å². The van der Waals surface area contributed by atoms with Crippen LogP contribution in [0.3, 0.4) is 0 Å². The Bertz CT molecular complexity index is 436. The normalized spacial score (nSPS) is 19.1. The summed E-state index contributed by atoms with van der Waals surface area (Å²) in [5, 5.41) is 12.3. The molecular formula is C13H22N4O2S. The molecule has 6 nitrogen and oxygen atoms in total. The van der Waals surface area contributed by atoms with Crippen LogP contribution in [0.5, 0.6) is 0 Å². The summed E-state index contributed by atoms with van der Waals surface area (Å²) in [4.78, 5) is 14.2. The van der Waals surface area contributed by atoms with E-state index in [2.05, 4.69) is 22.4 Å². The Kier molecular flexibility index (Phi) is 5.72. The van der Waals surface area contributed by atoms with Gasteiger partial charge in [0.05, 0.1) is 6.10 Å². The molecule has 1 amide bonds. The van der Waals surface area contributed by atoms with Crippen LogP contribution in [-0.4, -0.2) is 53.3 Å². The number of hydrogen-bond acceptors (Lipinski definition) is 6. The Morgan fingerprint density at radius 2 is 2.35 bits per heavy atom. The van der Waals surface area contributed by atoms with Crippen LogP contribution in [-0.2, 0) is 4.74 Å². The quantitative estimate of drug-likeness (QED) is 0.870. The largest absolute Gasteiger partial charge is 0.377 e. The lowest BCUT2D eigenvalue weighted by molar-refractivity contribution is 0.00720. The number of carbonyl (C=O) groups is 1. The molecular weight excluding hydrogens is 276 g/mol. The molecule has 2 heterocycles. The number of piperidine rings is 1. The van der Waals surface area contributed by atoms with Crippen LogP contribution in [0.1, 0.15) is 42.9 Å². The van der Waals surface area contributed by atoms with Gasteiger partial charge in [0.25, 0.3) is 5.91 Å². The molecule has 0 bridgehead atoms. The molecule has 0 radical (unpaired) electrons. The van der Waals surface area contributed by atoms with E-state index in [-0.39, 0.29) is 12.0 Å². The summed E-state index contributed by atoms with van der Waals surface area (Å²) in [7, 11) is 0. The number of anilines is 1. The van der Waals surface area contributed by atoms with Crippen molar-refractivity contribution >= 4 is 22.4 Å². The van der Waals surface area contributed by atoms with Gasteiger partial charge in [-0.15, -0.1) is 10.2 Å². The van der Waals surface area contributed by atoms with Crippen LogP contribution in [0, 0.1) is 0 Å². The van der Waals surface area contributed by atoms with Crippen LogP contribution < -0.4 is 5.32 Å². The molecule has 1 aromatic rings. The van der Waals surface area contributed by atoms with Gasteiger partial charge >= 0.3 is 0 Å².